The van der Waals surface area contributed by atoms with E-state index in [-0.39, 0.29) is 22.5 Å². The van der Waals surface area contributed by atoms with Crippen LogP contribution in [0.5, 0.6) is 5.75 Å². The van der Waals surface area contributed by atoms with Gasteiger partial charge in [0, 0.05) is 29.1 Å². The molecule has 1 aliphatic rings. The molecule has 0 aliphatic heterocycles. The van der Waals surface area contributed by atoms with Gasteiger partial charge in [0.15, 0.2) is 5.16 Å². The predicted octanol–water partition coefficient (Wildman–Crippen LogP) is 8.89. The maximum Gasteiger partial charge on any atom is 0.490 e. The van der Waals surface area contributed by atoms with E-state index in [4.69, 9.17) is 52.7 Å². The molecule has 2 aromatic carbocycles. The largest absolute Gasteiger partial charge is 0.495 e. The van der Waals surface area contributed by atoms with Crippen molar-refractivity contribution < 1.29 is 59.7 Å². The van der Waals surface area contributed by atoms with Gasteiger partial charge >= 0.3 is 24.3 Å². The molecule has 1 aliphatic carbocycles. The highest BCUT2D eigenvalue weighted by Gasteiger charge is 2.39. The highest BCUT2D eigenvalue weighted by molar-refractivity contribution is 7.98. The predicted molar refractivity (Wildman–Crippen MR) is 162 cm³/mol. The third kappa shape index (κ3) is 10.4. The third-order valence-corrected chi connectivity index (χ3v) is 8.24. The Labute approximate surface area is 286 Å². The molecule has 49 heavy (non-hydrogen) atoms. The standard InChI is InChI=1S/C26H21Cl2F2N3OS.2C2HF3O2/c1-34-24-11-15(5-10-20(24)27)18-3-2-4-23-25(18)33(17-8-6-16(29)7-9-17)26(32-23)35-14-19-21(28)12-31-13-22(19)30;2*3-2(4,5)1(6)7/h5-13,18H,2-4,14H2,1H3;2*(H,6,7). The van der Waals surface area contributed by atoms with E-state index in [1.807, 2.05) is 18.2 Å². The number of carbonyl (C=O) groups is 2. The zero-order valence-corrected chi connectivity index (χ0v) is 27.1. The number of methoxy groups -OCH3 is 1. The summed E-state index contributed by atoms with van der Waals surface area (Å²) in [7, 11) is 1.60. The second kappa shape index (κ2) is 16.5. The van der Waals surface area contributed by atoms with E-state index in [1.165, 1.54) is 30.1 Å². The van der Waals surface area contributed by atoms with Gasteiger partial charge in [-0.05, 0) is 61.2 Å². The second-order valence-corrected chi connectivity index (χ2v) is 11.6. The number of benzene rings is 2. The lowest BCUT2D eigenvalue weighted by Gasteiger charge is -2.26. The van der Waals surface area contributed by atoms with E-state index in [0.717, 1.165) is 48.1 Å². The number of aliphatic carboxylic acids is 2. The van der Waals surface area contributed by atoms with Crippen molar-refractivity contribution in [1.29, 1.82) is 0 Å². The van der Waals surface area contributed by atoms with Gasteiger partial charge in [-0.25, -0.2) is 23.4 Å². The summed E-state index contributed by atoms with van der Waals surface area (Å²) < 4.78 is 99.1. The normalized spacial score (nSPS) is 14.1. The van der Waals surface area contributed by atoms with Gasteiger partial charge in [-0.15, -0.1) is 0 Å². The summed E-state index contributed by atoms with van der Waals surface area (Å²) in [6, 6.07) is 12.1. The van der Waals surface area contributed by atoms with Crippen molar-refractivity contribution in [3.63, 3.8) is 0 Å². The average Bonchev–Trinajstić information content (AvgIpc) is 3.40. The molecule has 2 N–H and O–H groups in total. The first-order valence-electron chi connectivity index (χ1n) is 13.6. The average molecular weight is 760 g/mol. The number of hydrogen-bond acceptors (Lipinski definition) is 6. The van der Waals surface area contributed by atoms with Crippen molar-refractivity contribution in [3.8, 4) is 11.4 Å². The van der Waals surface area contributed by atoms with Crippen molar-refractivity contribution in [2.45, 2.75) is 48.4 Å². The number of halogens is 10. The molecular formula is C30H23Cl2F8N3O5S. The minimum atomic E-state index is -5.08. The number of nitrogens with zero attached hydrogens (tertiary/aromatic N) is 3. The highest BCUT2D eigenvalue weighted by atomic mass is 35.5. The monoisotopic (exact) mass is 759 g/mol. The SMILES string of the molecule is COc1cc(C2CCCc3nc(SCc4c(F)cncc4Cl)n(-c4ccc(F)cc4)c32)ccc1Cl.O=C(O)C(F)(F)F.O=C(O)C(F)(F)F. The molecule has 264 valence electrons. The first-order chi connectivity index (χ1) is 22.8. The second-order valence-electron chi connectivity index (χ2n) is 9.85. The lowest BCUT2D eigenvalue weighted by atomic mass is 9.84. The van der Waals surface area contributed by atoms with E-state index < -0.39 is 30.1 Å². The number of ether oxygens (including phenoxy) is 1. The molecule has 0 saturated carbocycles. The number of aryl methyl sites for hydroxylation is 1. The fourth-order valence-corrected chi connectivity index (χ4v) is 6.03. The Balaban J connectivity index is 0.000000392. The summed E-state index contributed by atoms with van der Waals surface area (Å²) >= 11 is 13.9. The first-order valence-corrected chi connectivity index (χ1v) is 15.3. The van der Waals surface area contributed by atoms with E-state index in [1.54, 1.807) is 19.2 Å². The molecule has 0 bridgehead atoms. The summed E-state index contributed by atoms with van der Waals surface area (Å²) in [5, 5.41) is 15.8. The van der Waals surface area contributed by atoms with E-state index in [9.17, 15) is 35.1 Å². The number of aromatic nitrogens is 3. The van der Waals surface area contributed by atoms with Crippen LogP contribution in [0.1, 0.15) is 41.3 Å². The Morgan fingerprint density at radius 2 is 1.55 bits per heavy atom. The van der Waals surface area contributed by atoms with Crippen LogP contribution >= 0.6 is 35.0 Å². The van der Waals surface area contributed by atoms with Gasteiger partial charge < -0.3 is 14.9 Å². The van der Waals surface area contributed by atoms with Gasteiger partial charge in [0.05, 0.1) is 34.7 Å². The van der Waals surface area contributed by atoms with Gasteiger partial charge in [0.25, 0.3) is 0 Å². The molecule has 2 heterocycles. The van der Waals surface area contributed by atoms with E-state index in [2.05, 4.69) is 9.55 Å². The number of carboxylic acid groups (broad SMARTS) is 2. The molecule has 0 radical (unpaired) electrons. The molecule has 0 saturated heterocycles. The van der Waals surface area contributed by atoms with E-state index in [0.29, 0.717) is 21.5 Å². The van der Waals surface area contributed by atoms with Crippen LogP contribution in [0, 0.1) is 11.6 Å². The van der Waals surface area contributed by atoms with Crippen molar-refractivity contribution in [3.05, 3.63) is 99.1 Å². The van der Waals surface area contributed by atoms with Crippen LogP contribution in [0.2, 0.25) is 10.0 Å². The quantitative estimate of drug-likeness (QED) is 0.148. The molecule has 4 aromatic rings. The summed E-state index contributed by atoms with van der Waals surface area (Å²) in [5.41, 5.74) is 4.24. The van der Waals surface area contributed by atoms with Crippen LogP contribution in [-0.4, -0.2) is 56.1 Å². The molecule has 0 spiro atoms. The van der Waals surface area contributed by atoms with Crippen LogP contribution in [0.3, 0.4) is 0 Å². The number of thioether (sulfide) groups is 1. The molecule has 5 rings (SSSR count). The minimum absolute atomic E-state index is 0.0399. The van der Waals surface area contributed by atoms with Gasteiger partial charge in [0.2, 0.25) is 0 Å². The smallest absolute Gasteiger partial charge is 0.490 e. The van der Waals surface area contributed by atoms with Crippen LogP contribution < -0.4 is 4.74 Å². The highest BCUT2D eigenvalue weighted by Crippen LogP contribution is 2.43. The van der Waals surface area contributed by atoms with Crippen molar-refractivity contribution in [2.75, 3.05) is 7.11 Å². The summed E-state index contributed by atoms with van der Waals surface area (Å²) in [6.45, 7) is 0. The molecule has 2 aromatic heterocycles. The Hall–Kier alpha value is -4.09. The van der Waals surface area contributed by atoms with Crippen molar-refractivity contribution >= 4 is 46.9 Å². The third-order valence-electron chi connectivity index (χ3n) is 6.64. The molecule has 8 nitrogen and oxygen atoms in total. The van der Waals surface area contributed by atoms with Gasteiger partial charge in [0.1, 0.15) is 17.4 Å². The molecule has 1 unspecified atom stereocenters. The fraction of sp³-hybridized carbons (Fsp3) is 0.267. The molecule has 1 atom stereocenters. The summed E-state index contributed by atoms with van der Waals surface area (Å²) in [5.74, 6) is -5.36. The van der Waals surface area contributed by atoms with E-state index >= 15 is 0 Å². The number of rotatable bonds is 6. The fourth-order valence-electron chi connectivity index (χ4n) is 4.47. The number of imidazole rings is 1. The maximum atomic E-state index is 14.4. The number of hydrogen-bond donors (Lipinski definition) is 2. The zero-order valence-electron chi connectivity index (χ0n) is 24.8. The number of alkyl halides is 6. The lowest BCUT2D eigenvalue weighted by Crippen LogP contribution is -2.21. The zero-order chi connectivity index (χ0) is 36.7. The van der Waals surface area contributed by atoms with Crippen LogP contribution in [-0.2, 0) is 21.8 Å². The first kappa shape index (κ1) is 39.3. The molecular weight excluding hydrogens is 737 g/mol. The molecule has 0 fully saturated rings. The Morgan fingerprint density at radius 3 is 2.08 bits per heavy atom. The Bertz CT molecular complexity index is 1740. The number of carboxylic acids is 2. The topological polar surface area (TPSA) is 115 Å². The summed E-state index contributed by atoms with van der Waals surface area (Å²) in [4.78, 5) is 26.5. The van der Waals surface area contributed by atoms with Crippen LogP contribution in [0.25, 0.3) is 5.69 Å². The van der Waals surface area contributed by atoms with Crippen LogP contribution in [0.15, 0.2) is 60.0 Å². The summed E-state index contributed by atoms with van der Waals surface area (Å²) in [6.07, 6.45) is -4.87. The Kier molecular flexibility index (Phi) is 13.3. The van der Waals surface area contributed by atoms with Gasteiger partial charge in [-0.1, -0.05) is 41.0 Å². The van der Waals surface area contributed by atoms with Crippen LogP contribution in [0.4, 0.5) is 35.1 Å². The number of fused-ring (bicyclic) bond motifs is 1. The molecule has 19 heteroatoms. The minimum Gasteiger partial charge on any atom is -0.495 e. The van der Waals surface area contributed by atoms with Gasteiger partial charge in [-0.2, -0.15) is 26.3 Å². The van der Waals surface area contributed by atoms with Gasteiger partial charge in [-0.3, -0.25) is 9.55 Å². The Morgan fingerprint density at radius 1 is 0.959 bits per heavy atom. The van der Waals surface area contributed by atoms with Crippen molar-refractivity contribution in [1.82, 2.24) is 14.5 Å². The van der Waals surface area contributed by atoms with Crippen molar-refractivity contribution in [2.24, 2.45) is 0 Å². The lowest BCUT2D eigenvalue weighted by molar-refractivity contribution is -0.193. The maximum absolute atomic E-state index is 14.4. The number of pyridine rings is 1. The molecule has 0 amide bonds.